The van der Waals surface area contributed by atoms with Crippen molar-refractivity contribution >= 4 is 21.4 Å². The number of aromatic hydroxyl groups is 1. The van der Waals surface area contributed by atoms with Gasteiger partial charge >= 0.3 is 0 Å². The highest BCUT2D eigenvalue weighted by molar-refractivity contribution is 7.91. The summed E-state index contributed by atoms with van der Waals surface area (Å²) in [6.45, 7) is 0. The second kappa shape index (κ2) is 3.23. The molecule has 1 heterocycles. The highest BCUT2D eigenvalue weighted by Crippen LogP contribution is 2.29. The second-order valence-electron chi connectivity index (χ2n) is 3.30. The molecule has 1 aromatic carbocycles. The van der Waals surface area contributed by atoms with Crippen LogP contribution in [0.25, 0.3) is 0 Å². The Labute approximate surface area is 86.7 Å². The Balaban J connectivity index is 2.66. The molecule has 2 N–H and O–H groups in total. The largest absolute Gasteiger partial charge is 0.508 e. The van der Waals surface area contributed by atoms with Gasteiger partial charge in [-0.15, -0.1) is 0 Å². The number of hydrogen-bond acceptors (Lipinski definition) is 4. The van der Waals surface area contributed by atoms with E-state index in [2.05, 4.69) is 5.32 Å². The van der Waals surface area contributed by atoms with Crippen LogP contribution in [0.2, 0.25) is 0 Å². The maximum Gasteiger partial charge on any atom is 0.225 e. The molecular weight excluding hydrogens is 218 g/mol. The predicted octanol–water partition coefficient (Wildman–Crippen LogP) is 0.508. The molecule has 0 aliphatic carbocycles. The van der Waals surface area contributed by atoms with E-state index in [0.717, 1.165) is 0 Å². The fourth-order valence-corrected chi connectivity index (χ4v) is 2.83. The van der Waals surface area contributed by atoms with Gasteiger partial charge in [-0.05, 0) is 12.1 Å². The number of nitrogens with one attached hydrogen (secondary N) is 1. The van der Waals surface area contributed by atoms with Gasteiger partial charge in [0, 0.05) is 12.5 Å². The third-order valence-electron chi connectivity index (χ3n) is 2.17. The lowest BCUT2D eigenvalue weighted by Crippen LogP contribution is -2.10. The van der Waals surface area contributed by atoms with Crippen LogP contribution in [-0.4, -0.2) is 25.2 Å². The quantitative estimate of drug-likeness (QED) is 0.676. The van der Waals surface area contributed by atoms with Gasteiger partial charge in [0.05, 0.1) is 16.3 Å². The van der Waals surface area contributed by atoms with Crippen LogP contribution in [0.4, 0.5) is 5.69 Å². The second-order valence-corrected chi connectivity index (χ2v) is 5.38. The van der Waals surface area contributed by atoms with Gasteiger partial charge in [-0.2, -0.15) is 0 Å². The molecule has 0 saturated carbocycles. The molecular formula is C9H9NO4S. The number of amides is 1. The Morgan fingerprint density at radius 2 is 2.07 bits per heavy atom. The number of hydrogen-bond donors (Lipinski definition) is 2. The molecule has 0 spiro atoms. The number of anilines is 1. The summed E-state index contributed by atoms with van der Waals surface area (Å²) in [6.07, 6.45) is -0.0578. The predicted molar refractivity (Wildman–Crippen MR) is 53.4 cm³/mol. The molecule has 1 aliphatic rings. The van der Waals surface area contributed by atoms with Crippen LogP contribution in [0.3, 0.4) is 0 Å². The van der Waals surface area contributed by atoms with Crippen LogP contribution in [-0.2, 0) is 14.6 Å². The fourth-order valence-electron chi connectivity index (χ4n) is 1.44. The van der Waals surface area contributed by atoms with Gasteiger partial charge in [-0.3, -0.25) is 4.79 Å². The molecule has 1 aliphatic heterocycles. The van der Waals surface area contributed by atoms with E-state index in [1.54, 1.807) is 0 Å². The first-order chi connectivity index (χ1) is 6.99. The Hall–Kier alpha value is -1.56. The molecule has 80 valence electrons. The summed E-state index contributed by atoms with van der Waals surface area (Å²) in [4.78, 5) is 11.2. The van der Waals surface area contributed by atoms with Crippen molar-refractivity contribution < 1.29 is 18.3 Å². The zero-order valence-electron chi connectivity index (χ0n) is 7.73. The lowest BCUT2D eigenvalue weighted by molar-refractivity contribution is -0.115. The Kier molecular flexibility index (Phi) is 2.15. The number of carbonyl (C=O) groups is 1. The molecule has 0 atom stereocenters. The van der Waals surface area contributed by atoms with Crippen molar-refractivity contribution in [3.8, 4) is 5.75 Å². The Morgan fingerprint density at radius 1 is 1.33 bits per heavy atom. The Bertz CT molecular complexity index is 521. The minimum absolute atomic E-state index is 0.0578. The van der Waals surface area contributed by atoms with E-state index in [9.17, 15) is 18.3 Å². The molecule has 0 bridgehead atoms. The lowest BCUT2D eigenvalue weighted by atomic mass is 10.3. The van der Waals surface area contributed by atoms with Gasteiger partial charge in [-0.1, -0.05) is 0 Å². The van der Waals surface area contributed by atoms with E-state index in [1.165, 1.54) is 18.2 Å². The summed E-state index contributed by atoms with van der Waals surface area (Å²) in [7, 11) is -3.42. The van der Waals surface area contributed by atoms with Crippen molar-refractivity contribution in [3.63, 3.8) is 0 Å². The number of benzene rings is 1. The van der Waals surface area contributed by atoms with E-state index in [-0.39, 0.29) is 34.4 Å². The number of phenols is 1. The van der Waals surface area contributed by atoms with Crippen molar-refractivity contribution in [1.29, 1.82) is 0 Å². The molecule has 5 nitrogen and oxygen atoms in total. The molecule has 0 saturated heterocycles. The van der Waals surface area contributed by atoms with Crippen LogP contribution in [0, 0.1) is 0 Å². The van der Waals surface area contributed by atoms with Crippen LogP contribution in [0.1, 0.15) is 6.42 Å². The molecule has 15 heavy (non-hydrogen) atoms. The van der Waals surface area contributed by atoms with Gasteiger partial charge in [0.25, 0.3) is 0 Å². The Morgan fingerprint density at radius 3 is 2.80 bits per heavy atom. The fraction of sp³-hybridized carbons (Fsp3) is 0.222. The van der Waals surface area contributed by atoms with Crippen molar-refractivity contribution in [2.45, 2.75) is 11.3 Å². The SMILES string of the molecule is O=C1CCS(=O)(=O)c2ccc(O)cc2N1. The highest BCUT2D eigenvalue weighted by Gasteiger charge is 2.25. The number of sulfone groups is 1. The average Bonchev–Trinajstić information content (AvgIpc) is 2.24. The molecule has 0 unspecified atom stereocenters. The smallest absolute Gasteiger partial charge is 0.225 e. The monoisotopic (exact) mass is 227 g/mol. The van der Waals surface area contributed by atoms with E-state index in [1.807, 2.05) is 0 Å². The van der Waals surface area contributed by atoms with E-state index >= 15 is 0 Å². The van der Waals surface area contributed by atoms with Gasteiger partial charge in [-0.25, -0.2) is 8.42 Å². The normalized spacial score (nSPS) is 18.8. The molecule has 1 aromatic rings. The van der Waals surface area contributed by atoms with E-state index in [4.69, 9.17) is 0 Å². The minimum atomic E-state index is -3.42. The zero-order chi connectivity index (χ0) is 11.1. The standard InChI is InChI=1S/C9H9NO4S/c11-6-1-2-8-7(5-6)10-9(12)3-4-15(8,13)14/h1-2,5,11H,3-4H2,(H,10,12). The molecule has 0 aromatic heterocycles. The summed E-state index contributed by atoms with van der Waals surface area (Å²) in [5.41, 5.74) is 0.150. The zero-order valence-corrected chi connectivity index (χ0v) is 8.54. The van der Waals surface area contributed by atoms with Gasteiger partial charge < -0.3 is 10.4 Å². The number of carbonyl (C=O) groups excluding carboxylic acids is 1. The summed E-state index contributed by atoms with van der Waals surface area (Å²) < 4.78 is 23.4. The minimum Gasteiger partial charge on any atom is -0.508 e. The lowest BCUT2D eigenvalue weighted by Gasteiger charge is -2.06. The third-order valence-corrected chi connectivity index (χ3v) is 3.94. The summed E-state index contributed by atoms with van der Waals surface area (Å²) in [5.74, 6) is -0.634. The molecule has 2 rings (SSSR count). The van der Waals surface area contributed by atoms with Crippen molar-refractivity contribution in [2.75, 3.05) is 11.1 Å². The average molecular weight is 227 g/mol. The molecule has 0 fully saturated rings. The molecule has 6 heteroatoms. The highest BCUT2D eigenvalue weighted by atomic mass is 32.2. The van der Waals surface area contributed by atoms with Crippen molar-refractivity contribution in [1.82, 2.24) is 0 Å². The summed E-state index contributed by atoms with van der Waals surface area (Å²) in [6, 6.07) is 3.82. The third kappa shape index (κ3) is 1.80. The van der Waals surface area contributed by atoms with Crippen LogP contribution in [0.15, 0.2) is 23.1 Å². The molecule has 1 amide bonds. The topological polar surface area (TPSA) is 83.5 Å². The van der Waals surface area contributed by atoms with Gasteiger partial charge in [0.2, 0.25) is 5.91 Å². The van der Waals surface area contributed by atoms with E-state index < -0.39 is 9.84 Å². The van der Waals surface area contributed by atoms with Crippen molar-refractivity contribution in [2.24, 2.45) is 0 Å². The van der Waals surface area contributed by atoms with Crippen LogP contribution < -0.4 is 5.32 Å². The first-order valence-corrected chi connectivity index (χ1v) is 6.00. The maximum atomic E-state index is 11.7. The van der Waals surface area contributed by atoms with Crippen LogP contribution >= 0.6 is 0 Å². The van der Waals surface area contributed by atoms with Crippen LogP contribution in [0.5, 0.6) is 5.75 Å². The first kappa shape index (κ1) is 9.97. The number of phenolic OH excluding ortho intramolecular Hbond substituents is 1. The van der Waals surface area contributed by atoms with Gasteiger partial charge in [0.15, 0.2) is 9.84 Å². The van der Waals surface area contributed by atoms with Crippen molar-refractivity contribution in [3.05, 3.63) is 18.2 Å². The number of rotatable bonds is 0. The summed E-state index contributed by atoms with van der Waals surface area (Å²) in [5, 5.41) is 11.6. The van der Waals surface area contributed by atoms with E-state index in [0.29, 0.717) is 0 Å². The summed E-state index contributed by atoms with van der Waals surface area (Å²) >= 11 is 0. The van der Waals surface area contributed by atoms with Gasteiger partial charge in [0.1, 0.15) is 5.75 Å². The number of fused-ring (bicyclic) bond motifs is 1. The first-order valence-electron chi connectivity index (χ1n) is 4.35. The molecule has 0 radical (unpaired) electrons. The maximum absolute atomic E-state index is 11.7.